The first-order chi connectivity index (χ1) is 12.7. The first-order valence-electron chi connectivity index (χ1n) is 8.86. The molecule has 0 amide bonds. The van der Waals surface area contributed by atoms with Gasteiger partial charge in [-0.05, 0) is 48.9 Å². The van der Waals surface area contributed by atoms with Gasteiger partial charge in [-0.3, -0.25) is 9.88 Å². The van der Waals surface area contributed by atoms with E-state index in [1.165, 1.54) is 11.1 Å². The third-order valence-corrected chi connectivity index (χ3v) is 5.16. The second kappa shape index (κ2) is 7.58. The molecule has 1 N–H and O–H groups in total. The lowest BCUT2D eigenvalue weighted by molar-refractivity contribution is 0.153. The topological polar surface area (TPSA) is 46.0 Å². The Hall–Kier alpha value is -2.21. The van der Waals surface area contributed by atoms with E-state index in [2.05, 4.69) is 40.5 Å². The molecule has 1 aromatic carbocycles. The van der Waals surface area contributed by atoms with Crippen molar-refractivity contribution in [3.63, 3.8) is 0 Å². The van der Waals surface area contributed by atoms with Crippen molar-refractivity contribution in [3.8, 4) is 5.69 Å². The Bertz CT molecular complexity index is 860. The summed E-state index contributed by atoms with van der Waals surface area (Å²) in [5, 5.41) is 8.93. The minimum atomic E-state index is 0.352. The molecular formula is C20H22ClN5. The molecule has 6 heteroatoms. The van der Waals surface area contributed by atoms with E-state index in [-0.39, 0.29) is 0 Å². The van der Waals surface area contributed by atoms with Gasteiger partial charge in [0.15, 0.2) is 0 Å². The van der Waals surface area contributed by atoms with Gasteiger partial charge in [-0.25, -0.2) is 4.68 Å². The van der Waals surface area contributed by atoms with Crippen LogP contribution in [-0.4, -0.2) is 39.3 Å². The molecule has 1 unspecified atom stereocenters. The van der Waals surface area contributed by atoms with E-state index in [1.807, 2.05) is 41.3 Å². The number of aryl methyl sites for hydroxylation is 1. The van der Waals surface area contributed by atoms with E-state index in [4.69, 9.17) is 16.7 Å². The van der Waals surface area contributed by atoms with Crippen LogP contribution < -0.4 is 5.32 Å². The van der Waals surface area contributed by atoms with Crippen LogP contribution in [0.15, 0.2) is 55.0 Å². The molecule has 0 radical (unpaired) electrons. The van der Waals surface area contributed by atoms with Gasteiger partial charge >= 0.3 is 0 Å². The van der Waals surface area contributed by atoms with Crippen molar-refractivity contribution >= 4 is 11.6 Å². The highest BCUT2D eigenvalue weighted by Crippen LogP contribution is 2.25. The number of hydrogen-bond acceptors (Lipinski definition) is 4. The van der Waals surface area contributed by atoms with Gasteiger partial charge in [0.05, 0.1) is 11.4 Å². The largest absolute Gasteiger partial charge is 0.314 e. The van der Waals surface area contributed by atoms with E-state index in [0.717, 1.165) is 42.6 Å². The molecule has 3 aromatic rings. The van der Waals surface area contributed by atoms with Crippen LogP contribution in [0, 0.1) is 6.92 Å². The van der Waals surface area contributed by atoms with Gasteiger partial charge in [-0.15, -0.1) is 0 Å². The standard InChI is InChI=1S/C20H22ClN5/c1-15-17(14-26(24-15)19-4-2-18(21)3-5-19)13-25-11-10-23-12-20(25)16-6-8-22-9-7-16/h2-9,14,20,23H,10-13H2,1H3. The number of rotatable bonds is 4. The van der Waals surface area contributed by atoms with E-state index in [1.54, 1.807) is 0 Å². The lowest BCUT2D eigenvalue weighted by Gasteiger charge is -2.36. The van der Waals surface area contributed by atoms with Crippen LogP contribution in [0.4, 0.5) is 0 Å². The molecule has 0 spiro atoms. The zero-order chi connectivity index (χ0) is 17.9. The van der Waals surface area contributed by atoms with Crippen LogP contribution >= 0.6 is 11.6 Å². The third kappa shape index (κ3) is 3.65. The van der Waals surface area contributed by atoms with Crippen LogP contribution in [0.2, 0.25) is 5.02 Å². The molecule has 1 fully saturated rings. The van der Waals surface area contributed by atoms with Gasteiger partial charge in [0, 0.05) is 61.4 Å². The molecule has 2 aromatic heterocycles. The molecule has 1 aliphatic rings. The number of benzene rings is 1. The molecule has 0 aliphatic carbocycles. The maximum atomic E-state index is 5.99. The second-order valence-electron chi connectivity index (χ2n) is 6.63. The molecule has 3 heterocycles. The first-order valence-corrected chi connectivity index (χ1v) is 9.24. The van der Waals surface area contributed by atoms with Crippen molar-refractivity contribution in [2.75, 3.05) is 19.6 Å². The molecule has 5 nitrogen and oxygen atoms in total. The number of nitrogens with zero attached hydrogens (tertiary/aromatic N) is 4. The van der Waals surface area contributed by atoms with Crippen molar-refractivity contribution in [2.45, 2.75) is 19.5 Å². The van der Waals surface area contributed by atoms with E-state index in [9.17, 15) is 0 Å². The number of aromatic nitrogens is 3. The van der Waals surface area contributed by atoms with Crippen LogP contribution in [0.1, 0.15) is 22.9 Å². The summed E-state index contributed by atoms with van der Waals surface area (Å²) in [4.78, 5) is 6.66. The number of nitrogens with one attached hydrogen (secondary N) is 1. The number of halogens is 1. The van der Waals surface area contributed by atoms with Gasteiger partial charge in [0.2, 0.25) is 0 Å². The molecule has 4 rings (SSSR count). The van der Waals surface area contributed by atoms with E-state index >= 15 is 0 Å². The van der Waals surface area contributed by atoms with Gasteiger partial charge < -0.3 is 5.32 Å². The lowest BCUT2D eigenvalue weighted by Crippen LogP contribution is -2.45. The Morgan fingerprint density at radius 1 is 1.15 bits per heavy atom. The van der Waals surface area contributed by atoms with E-state index < -0.39 is 0 Å². The highest BCUT2D eigenvalue weighted by atomic mass is 35.5. The molecule has 134 valence electrons. The minimum absolute atomic E-state index is 0.352. The zero-order valence-electron chi connectivity index (χ0n) is 14.8. The van der Waals surface area contributed by atoms with Gasteiger partial charge in [-0.2, -0.15) is 5.10 Å². The van der Waals surface area contributed by atoms with Crippen LogP contribution in [0.5, 0.6) is 0 Å². The maximum absolute atomic E-state index is 5.99. The predicted molar refractivity (Wildman–Crippen MR) is 104 cm³/mol. The highest BCUT2D eigenvalue weighted by molar-refractivity contribution is 6.30. The summed E-state index contributed by atoms with van der Waals surface area (Å²) in [5.74, 6) is 0. The number of pyridine rings is 1. The molecule has 1 atom stereocenters. The van der Waals surface area contributed by atoms with Crippen molar-refractivity contribution in [3.05, 3.63) is 76.8 Å². The molecule has 1 saturated heterocycles. The summed E-state index contributed by atoms with van der Waals surface area (Å²) >= 11 is 5.99. The third-order valence-electron chi connectivity index (χ3n) is 4.91. The van der Waals surface area contributed by atoms with Crippen molar-refractivity contribution in [1.29, 1.82) is 0 Å². The fourth-order valence-corrected chi connectivity index (χ4v) is 3.57. The summed E-state index contributed by atoms with van der Waals surface area (Å²) < 4.78 is 1.94. The summed E-state index contributed by atoms with van der Waals surface area (Å²) in [7, 11) is 0. The average Bonchev–Trinajstić information content (AvgIpc) is 3.04. The van der Waals surface area contributed by atoms with Crippen molar-refractivity contribution < 1.29 is 0 Å². The molecule has 26 heavy (non-hydrogen) atoms. The quantitative estimate of drug-likeness (QED) is 0.768. The van der Waals surface area contributed by atoms with Gasteiger partial charge in [0.25, 0.3) is 0 Å². The molecule has 0 saturated carbocycles. The Morgan fingerprint density at radius 3 is 2.69 bits per heavy atom. The van der Waals surface area contributed by atoms with Crippen LogP contribution in [0.25, 0.3) is 5.69 Å². The Labute approximate surface area is 158 Å². The Morgan fingerprint density at radius 2 is 1.92 bits per heavy atom. The average molecular weight is 368 g/mol. The predicted octanol–water partition coefficient (Wildman–Crippen LogP) is 3.38. The van der Waals surface area contributed by atoms with Gasteiger partial charge in [0.1, 0.15) is 0 Å². The fourth-order valence-electron chi connectivity index (χ4n) is 3.45. The van der Waals surface area contributed by atoms with Crippen LogP contribution in [-0.2, 0) is 6.54 Å². The zero-order valence-corrected chi connectivity index (χ0v) is 15.5. The normalized spacial score (nSPS) is 18.2. The number of piperazine rings is 1. The summed E-state index contributed by atoms with van der Waals surface area (Å²) in [6, 6.07) is 12.3. The summed E-state index contributed by atoms with van der Waals surface area (Å²) in [6.07, 6.45) is 5.86. The molecule has 0 bridgehead atoms. The maximum Gasteiger partial charge on any atom is 0.0646 e. The summed E-state index contributed by atoms with van der Waals surface area (Å²) in [6.45, 7) is 5.93. The Kier molecular flexibility index (Phi) is 5.02. The first kappa shape index (κ1) is 17.2. The fraction of sp³-hybridized carbons (Fsp3) is 0.300. The van der Waals surface area contributed by atoms with Crippen LogP contribution in [0.3, 0.4) is 0 Å². The smallest absolute Gasteiger partial charge is 0.0646 e. The number of hydrogen-bond donors (Lipinski definition) is 1. The monoisotopic (exact) mass is 367 g/mol. The molecular weight excluding hydrogens is 346 g/mol. The second-order valence-corrected chi connectivity index (χ2v) is 7.07. The van der Waals surface area contributed by atoms with Crippen molar-refractivity contribution in [2.24, 2.45) is 0 Å². The molecule has 1 aliphatic heterocycles. The highest BCUT2D eigenvalue weighted by Gasteiger charge is 2.24. The SMILES string of the molecule is Cc1nn(-c2ccc(Cl)cc2)cc1CN1CCNCC1c1ccncc1. The summed E-state index contributed by atoms with van der Waals surface area (Å²) in [5.41, 5.74) is 4.64. The Balaban J connectivity index is 1.57. The lowest BCUT2D eigenvalue weighted by atomic mass is 10.0. The minimum Gasteiger partial charge on any atom is -0.314 e. The van der Waals surface area contributed by atoms with Gasteiger partial charge in [-0.1, -0.05) is 11.6 Å². The van der Waals surface area contributed by atoms with E-state index in [0.29, 0.717) is 6.04 Å². The van der Waals surface area contributed by atoms with Crippen molar-refractivity contribution in [1.82, 2.24) is 25.0 Å².